The van der Waals surface area contributed by atoms with Crippen LogP contribution in [0, 0.1) is 11.7 Å². The average molecular weight is 331 g/mol. The molecule has 0 radical (unpaired) electrons. The molecular formula is C17H18FN3O3. The minimum atomic E-state index is -0.939. The number of nitrogens with one attached hydrogen (secondary N) is 2. The van der Waals surface area contributed by atoms with E-state index in [0.29, 0.717) is 19.5 Å². The lowest BCUT2D eigenvalue weighted by atomic mass is 9.88. The molecule has 3 aliphatic rings. The second-order valence-electron chi connectivity index (χ2n) is 6.82. The maximum Gasteiger partial charge on any atom is 0.322 e. The summed E-state index contributed by atoms with van der Waals surface area (Å²) in [7, 11) is 0. The van der Waals surface area contributed by atoms with Crippen molar-refractivity contribution >= 4 is 17.8 Å². The molecule has 2 aliphatic heterocycles. The molecule has 7 heteroatoms. The van der Waals surface area contributed by atoms with Gasteiger partial charge in [0.15, 0.2) is 0 Å². The molecule has 1 saturated carbocycles. The Labute approximate surface area is 138 Å². The van der Waals surface area contributed by atoms with Gasteiger partial charge in [0.05, 0.1) is 0 Å². The molecule has 1 atom stereocenters. The van der Waals surface area contributed by atoms with Crippen molar-refractivity contribution in [2.45, 2.75) is 44.3 Å². The van der Waals surface area contributed by atoms with Crippen LogP contribution in [0.3, 0.4) is 0 Å². The molecule has 4 rings (SSSR count). The highest BCUT2D eigenvalue weighted by Gasteiger charge is 2.55. The first kappa shape index (κ1) is 15.1. The Hall–Kier alpha value is -2.44. The van der Waals surface area contributed by atoms with E-state index in [1.807, 2.05) is 0 Å². The van der Waals surface area contributed by atoms with E-state index in [0.717, 1.165) is 24.0 Å². The Bertz CT molecular complexity index is 747. The smallest absolute Gasteiger partial charge is 0.322 e. The Kier molecular flexibility index (Phi) is 3.33. The monoisotopic (exact) mass is 331 g/mol. The molecule has 1 saturated heterocycles. The molecule has 24 heavy (non-hydrogen) atoms. The van der Waals surface area contributed by atoms with Crippen molar-refractivity contribution < 1.29 is 18.8 Å². The van der Waals surface area contributed by atoms with Crippen molar-refractivity contribution in [3.63, 3.8) is 0 Å². The quantitative estimate of drug-likeness (QED) is 0.820. The number of hydrogen-bond acceptors (Lipinski definition) is 3. The fourth-order valence-electron chi connectivity index (χ4n) is 3.75. The van der Waals surface area contributed by atoms with Gasteiger partial charge >= 0.3 is 6.03 Å². The number of rotatable bonds is 4. The number of hydrogen-bond donors (Lipinski definition) is 2. The molecule has 6 nitrogen and oxygen atoms in total. The highest BCUT2D eigenvalue weighted by molar-refractivity contribution is 6.07. The van der Waals surface area contributed by atoms with Crippen LogP contribution in [0.1, 0.15) is 36.8 Å². The molecule has 4 amide bonds. The molecule has 2 fully saturated rings. The van der Waals surface area contributed by atoms with Crippen molar-refractivity contribution in [1.29, 1.82) is 0 Å². The summed E-state index contributed by atoms with van der Waals surface area (Å²) in [5.74, 6) is -0.599. The molecular weight excluding hydrogens is 313 g/mol. The highest BCUT2D eigenvalue weighted by atomic mass is 19.1. The summed E-state index contributed by atoms with van der Waals surface area (Å²) in [6.45, 7) is 0.852. The van der Waals surface area contributed by atoms with Crippen LogP contribution in [0.2, 0.25) is 0 Å². The summed E-state index contributed by atoms with van der Waals surface area (Å²) >= 11 is 0. The van der Waals surface area contributed by atoms with Crippen LogP contribution in [-0.4, -0.2) is 28.3 Å². The van der Waals surface area contributed by atoms with Gasteiger partial charge in [-0.1, -0.05) is 6.07 Å². The van der Waals surface area contributed by atoms with Gasteiger partial charge in [-0.3, -0.25) is 14.9 Å². The summed E-state index contributed by atoms with van der Waals surface area (Å²) in [4.78, 5) is 37.9. The Morgan fingerprint density at radius 1 is 1.25 bits per heavy atom. The van der Waals surface area contributed by atoms with Gasteiger partial charge in [-0.2, -0.15) is 0 Å². The summed E-state index contributed by atoms with van der Waals surface area (Å²) < 4.78 is 13.3. The number of carbonyl (C=O) groups excluding carboxylic acids is 3. The molecule has 126 valence electrons. The number of benzene rings is 1. The van der Waals surface area contributed by atoms with E-state index in [4.69, 9.17) is 0 Å². The van der Waals surface area contributed by atoms with E-state index in [-0.39, 0.29) is 30.0 Å². The normalized spacial score (nSPS) is 25.5. The molecule has 2 heterocycles. The average Bonchev–Trinajstić information content (AvgIpc) is 3.24. The van der Waals surface area contributed by atoms with Gasteiger partial charge in [-0.15, -0.1) is 0 Å². The number of nitrogens with zero attached hydrogens (tertiary/aromatic N) is 1. The second-order valence-corrected chi connectivity index (χ2v) is 6.82. The number of amides is 4. The topological polar surface area (TPSA) is 78.5 Å². The summed E-state index contributed by atoms with van der Waals surface area (Å²) in [5, 5.41) is 5.02. The summed E-state index contributed by atoms with van der Waals surface area (Å²) in [6.07, 6.45) is 2.25. The van der Waals surface area contributed by atoms with Crippen molar-refractivity contribution in [3.05, 3.63) is 35.1 Å². The predicted molar refractivity (Wildman–Crippen MR) is 82.0 cm³/mol. The number of fused-ring (bicyclic) bond motifs is 1. The van der Waals surface area contributed by atoms with Gasteiger partial charge in [0, 0.05) is 19.5 Å². The lowest BCUT2D eigenvalue weighted by Crippen LogP contribution is -2.49. The van der Waals surface area contributed by atoms with Gasteiger partial charge in [0.1, 0.15) is 11.4 Å². The first-order chi connectivity index (χ1) is 11.5. The fraction of sp³-hybridized carbons (Fsp3) is 0.471. The first-order valence-corrected chi connectivity index (χ1v) is 8.16. The van der Waals surface area contributed by atoms with Gasteiger partial charge < -0.3 is 10.2 Å². The van der Waals surface area contributed by atoms with Crippen LogP contribution < -0.4 is 10.6 Å². The van der Waals surface area contributed by atoms with Crippen LogP contribution in [0.25, 0.3) is 0 Å². The van der Waals surface area contributed by atoms with Gasteiger partial charge in [-0.05, 0) is 48.4 Å². The van der Waals surface area contributed by atoms with Gasteiger partial charge in [0.25, 0.3) is 5.91 Å². The minimum Gasteiger partial charge on any atom is -0.334 e. The third kappa shape index (κ3) is 2.44. The predicted octanol–water partition coefficient (Wildman–Crippen LogP) is 1.44. The number of halogens is 1. The van der Waals surface area contributed by atoms with Crippen molar-refractivity contribution in [1.82, 2.24) is 15.5 Å². The molecule has 2 N–H and O–H groups in total. The van der Waals surface area contributed by atoms with Crippen LogP contribution in [-0.2, 0) is 22.7 Å². The van der Waals surface area contributed by atoms with Crippen LogP contribution in [0.15, 0.2) is 18.2 Å². The molecule has 1 aromatic carbocycles. The van der Waals surface area contributed by atoms with E-state index in [1.54, 1.807) is 11.0 Å². The largest absolute Gasteiger partial charge is 0.334 e. The third-order valence-corrected chi connectivity index (χ3v) is 5.22. The van der Waals surface area contributed by atoms with Crippen molar-refractivity contribution in [2.75, 3.05) is 0 Å². The van der Waals surface area contributed by atoms with Gasteiger partial charge in [0.2, 0.25) is 5.91 Å². The fourth-order valence-corrected chi connectivity index (χ4v) is 3.75. The van der Waals surface area contributed by atoms with Crippen molar-refractivity contribution in [3.8, 4) is 0 Å². The summed E-state index contributed by atoms with van der Waals surface area (Å²) in [6, 6.07) is 4.07. The lowest BCUT2D eigenvalue weighted by molar-refractivity contribution is -0.133. The second kappa shape index (κ2) is 5.29. The minimum absolute atomic E-state index is 0.0828. The Morgan fingerprint density at radius 3 is 2.67 bits per heavy atom. The van der Waals surface area contributed by atoms with E-state index >= 15 is 0 Å². The van der Waals surface area contributed by atoms with Crippen LogP contribution in [0.4, 0.5) is 9.18 Å². The number of imide groups is 1. The van der Waals surface area contributed by atoms with Gasteiger partial charge in [-0.25, -0.2) is 9.18 Å². The Balaban J connectivity index is 1.42. The van der Waals surface area contributed by atoms with E-state index in [9.17, 15) is 18.8 Å². The highest BCUT2D eigenvalue weighted by Crippen LogP contribution is 2.44. The zero-order valence-corrected chi connectivity index (χ0v) is 13.1. The first-order valence-electron chi connectivity index (χ1n) is 8.16. The molecule has 0 spiro atoms. The maximum atomic E-state index is 13.3. The molecule has 0 aromatic heterocycles. The van der Waals surface area contributed by atoms with Crippen LogP contribution in [0.5, 0.6) is 0 Å². The standard InChI is InChI=1S/C17H18FN3O3/c18-13-4-1-10-8-21(9-11(10)7-13)14(22)5-6-17(12-2-3-12)15(23)19-16(24)20-17/h1,4,7,12H,2-3,5-6,8-9H2,(H2,19,20,23,24)/t17-/m0/s1. The maximum absolute atomic E-state index is 13.3. The van der Waals surface area contributed by atoms with E-state index in [2.05, 4.69) is 10.6 Å². The Morgan fingerprint density at radius 2 is 2.00 bits per heavy atom. The molecule has 1 aliphatic carbocycles. The molecule has 0 bridgehead atoms. The van der Waals surface area contributed by atoms with E-state index < -0.39 is 11.6 Å². The summed E-state index contributed by atoms with van der Waals surface area (Å²) in [5.41, 5.74) is 0.839. The number of urea groups is 1. The lowest BCUT2D eigenvalue weighted by Gasteiger charge is -2.26. The third-order valence-electron chi connectivity index (χ3n) is 5.22. The zero-order valence-electron chi connectivity index (χ0n) is 13.1. The SMILES string of the molecule is O=C1NC(=O)[C@](CCC(=O)N2Cc3ccc(F)cc3C2)(C2CC2)N1. The zero-order chi connectivity index (χ0) is 16.9. The molecule has 1 aromatic rings. The van der Waals surface area contributed by atoms with Crippen molar-refractivity contribution in [2.24, 2.45) is 5.92 Å². The number of carbonyl (C=O) groups is 3. The molecule has 0 unspecified atom stereocenters. The van der Waals surface area contributed by atoms with E-state index in [1.165, 1.54) is 12.1 Å². The van der Waals surface area contributed by atoms with Crippen LogP contribution >= 0.6 is 0 Å².